The van der Waals surface area contributed by atoms with Crippen LogP contribution in [0.1, 0.15) is 33.9 Å². The summed E-state index contributed by atoms with van der Waals surface area (Å²) >= 11 is 11.8. The van der Waals surface area contributed by atoms with Crippen molar-refractivity contribution < 1.29 is 32.7 Å². The number of carbonyl (C=O) groups is 3. The molecule has 2 aromatic carbocycles. The SMILES string of the molecule is NNC=Nc1cc(C(=O)NCC(=O)NC(CC(=O)O)c2cc(Cl)cc(Cl)c2)cc(C(F)(F)F)c1. The Hall–Kier alpha value is -3.35. The van der Waals surface area contributed by atoms with Gasteiger partial charge < -0.3 is 21.2 Å². The van der Waals surface area contributed by atoms with Gasteiger partial charge in [0.2, 0.25) is 5.91 Å². The highest BCUT2D eigenvalue weighted by atomic mass is 35.5. The first-order valence-electron chi connectivity index (χ1n) is 9.35. The average Bonchev–Trinajstić information content (AvgIpc) is 2.73. The molecule has 0 bridgehead atoms. The van der Waals surface area contributed by atoms with Crippen molar-refractivity contribution in [1.29, 1.82) is 0 Å². The van der Waals surface area contributed by atoms with Crippen LogP contribution < -0.4 is 21.9 Å². The molecule has 182 valence electrons. The van der Waals surface area contributed by atoms with Gasteiger partial charge in [-0.1, -0.05) is 23.2 Å². The molecule has 0 aromatic heterocycles. The van der Waals surface area contributed by atoms with Crippen LogP contribution in [0.4, 0.5) is 18.9 Å². The topological polar surface area (TPSA) is 146 Å². The van der Waals surface area contributed by atoms with Crippen molar-refractivity contribution in [2.24, 2.45) is 10.8 Å². The Morgan fingerprint density at radius 1 is 1.09 bits per heavy atom. The minimum absolute atomic E-state index is 0.207. The third-order valence-electron chi connectivity index (χ3n) is 4.21. The smallest absolute Gasteiger partial charge is 0.416 e. The zero-order chi connectivity index (χ0) is 25.5. The Morgan fingerprint density at radius 2 is 1.74 bits per heavy atom. The number of hydrogen-bond donors (Lipinski definition) is 5. The molecule has 2 aromatic rings. The number of carbonyl (C=O) groups excluding carboxylic acids is 2. The van der Waals surface area contributed by atoms with Crippen LogP contribution >= 0.6 is 23.2 Å². The zero-order valence-corrected chi connectivity index (χ0v) is 18.6. The van der Waals surface area contributed by atoms with Crippen molar-refractivity contribution in [3.8, 4) is 0 Å². The van der Waals surface area contributed by atoms with Crippen molar-refractivity contribution in [2.75, 3.05) is 6.54 Å². The van der Waals surface area contributed by atoms with E-state index in [0.29, 0.717) is 17.7 Å². The van der Waals surface area contributed by atoms with Gasteiger partial charge in [0.05, 0.1) is 30.3 Å². The maximum Gasteiger partial charge on any atom is 0.416 e. The molecule has 0 fully saturated rings. The Balaban J connectivity index is 2.15. The second-order valence-electron chi connectivity index (χ2n) is 6.79. The highest BCUT2D eigenvalue weighted by Crippen LogP contribution is 2.32. The van der Waals surface area contributed by atoms with E-state index >= 15 is 0 Å². The quantitative estimate of drug-likeness (QED) is 0.149. The molecule has 34 heavy (non-hydrogen) atoms. The zero-order valence-electron chi connectivity index (χ0n) is 17.1. The van der Waals surface area contributed by atoms with E-state index in [1.54, 1.807) is 0 Å². The Bertz CT molecular complexity index is 1090. The summed E-state index contributed by atoms with van der Waals surface area (Å²) in [5, 5.41) is 14.2. The summed E-state index contributed by atoms with van der Waals surface area (Å²) < 4.78 is 39.5. The molecule has 0 spiro atoms. The Labute approximate surface area is 201 Å². The highest BCUT2D eigenvalue weighted by Gasteiger charge is 2.32. The van der Waals surface area contributed by atoms with Gasteiger partial charge in [0.25, 0.3) is 5.91 Å². The van der Waals surface area contributed by atoms with Crippen molar-refractivity contribution in [1.82, 2.24) is 16.1 Å². The number of halogens is 5. The second-order valence-corrected chi connectivity index (χ2v) is 7.67. The molecule has 0 heterocycles. The molecule has 0 saturated heterocycles. The predicted molar refractivity (Wildman–Crippen MR) is 119 cm³/mol. The van der Waals surface area contributed by atoms with Gasteiger partial charge in [0, 0.05) is 15.6 Å². The van der Waals surface area contributed by atoms with Crippen LogP contribution in [-0.4, -0.2) is 35.8 Å². The number of aliphatic imine (C=N–C) groups is 1. The van der Waals surface area contributed by atoms with E-state index in [0.717, 1.165) is 12.4 Å². The molecule has 1 unspecified atom stereocenters. The number of amides is 2. The molecule has 0 saturated carbocycles. The van der Waals surface area contributed by atoms with Crippen molar-refractivity contribution in [2.45, 2.75) is 18.6 Å². The van der Waals surface area contributed by atoms with E-state index in [4.69, 9.17) is 34.2 Å². The number of alkyl halides is 3. The largest absolute Gasteiger partial charge is 0.481 e. The van der Waals surface area contributed by atoms with Crippen LogP contribution in [0, 0.1) is 0 Å². The summed E-state index contributed by atoms with van der Waals surface area (Å²) in [6.07, 6.45) is -4.34. The van der Waals surface area contributed by atoms with Gasteiger partial charge in [-0.2, -0.15) is 13.2 Å². The summed E-state index contributed by atoms with van der Waals surface area (Å²) in [7, 11) is 0. The average molecular weight is 520 g/mol. The number of carboxylic acid groups (broad SMARTS) is 1. The van der Waals surface area contributed by atoms with Crippen LogP contribution in [0.3, 0.4) is 0 Å². The van der Waals surface area contributed by atoms with Crippen LogP contribution in [0.25, 0.3) is 0 Å². The van der Waals surface area contributed by atoms with E-state index in [1.807, 2.05) is 5.43 Å². The Kier molecular flexibility index (Phi) is 9.24. The molecular weight excluding hydrogens is 502 g/mol. The monoisotopic (exact) mass is 519 g/mol. The van der Waals surface area contributed by atoms with E-state index in [1.165, 1.54) is 18.2 Å². The van der Waals surface area contributed by atoms with Gasteiger partial charge in [-0.25, -0.2) is 10.8 Å². The lowest BCUT2D eigenvalue weighted by Gasteiger charge is -2.18. The van der Waals surface area contributed by atoms with E-state index < -0.39 is 54.1 Å². The molecule has 14 heteroatoms. The van der Waals surface area contributed by atoms with E-state index in [-0.39, 0.29) is 15.7 Å². The van der Waals surface area contributed by atoms with Gasteiger partial charge in [-0.3, -0.25) is 14.4 Å². The molecular formula is C20H18Cl2F3N5O4. The van der Waals surface area contributed by atoms with Crippen LogP contribution in [0.5, 0.6) is 0 Å². The number of hydrazine groups is 1. The van der Waals surface area contributed by atoms with E-state index in [2.05, 4.69) is 15.6 Å². The number of rotatable bonds is 9. The van der Waals surface area contributed by atoms with Gasteiger partial charge in [0.15, 0.2) is 0 Å². The summed E-state index contributed by atoms with van der Waals surface area (Å²) in [5.74, 6) is 2.00. The lowest BCUT2D eigenvalue weighted by molar-refractivity contribution is -0.138. The van der Waals surface area contributed by atoms with E-state index in [9.17, 15) is 27.6 Å². The third kappa shape index (κ3) is 8.21. The van der Waals surface area contributed by atoms with Gasteiger partial charge in [-0.05, 0) is 42.0 Å². The minimum Gasteiger partial charge on any atom is -0.481 e. The van der Waals surface area contributed by atoms with Crippen LogP contribution in [0.2, 0.25) is 10.0 Å². The molecule has 0 radical (unpaired) electrons. The van der Waals surface area contributed by atoms with Crippen molar-refractivity contribution in [3.05, 3.63) is 63.1 Å². The molecule has 6 N–H and O–H groups in total. The molecule has 2 amide bonds. The maximum absolute atomic E-state index is 13.2. The molecule has 1 atom stereocenters. The lowest BCUT2D eigenvalue weighted by Crippen LogP contribution is -2.39. The predicted octanol–water partition coefficient (Wildman–Crippen LogP) is 3.20. The first-order chi connectivity index (χ1) is 15.9. The first kappa shape index (κ1) is 26.9. The van der Waals surface area contributed by atoms with Gasteiger partial charge in [0.1, 0.15) is 6.34 Å². The molecule has 0 aliphatic carbocycles. The molecule has 0 aliphatic rings. The molecule has 9 nitrogen and oxygen atoms in total. The highest BCUT2D eigenvalue weighted by molar-refractivity contribution is 6.34. The number of nitrogens with zero attached hydrogens (tertiary/aromatic N) is 1. The number of hydrogen-bond acceptors (Lipinski definition) is 5. The van der Waals surface area contributed by atoms with Gasteiger partial charge in [-0.15, -0.1) is 0 Å². The summed E-state index contributed by atoms with van der Waals surface area (Å²) in [6, 6.07) is 5.60. The molecule has 2 rings (SSSR count). The van der Waals surface area contributed by atoms with Crippen molar-refractivity contribution >= 4 is 53.0 Å². The number of aliphatic carboxylic acids is 1. The third-order valence-corrected chi connectivity index (χ3v) is 4.64. The standard InChI is InChI=1S/C20H18Cl2F3N5O4/c21-13-2-10(3-14(22)6-13)16(7-18(32)33)30-17(31)8-27-19(34)11-1-12(20(23,24)25)5-15(4-11)28-9-29-26/h1-6,9,16H,7-8,26H2,(H,27,34)(H,28,29)(H,30,31)(H,32,33). The first-order valence-corrected chi connectivity index (χ1v) is 10.1. The number of benzene rings is 2. The normalized spacial score (nSPS) is 12.3. The van der Waals surface area contributed by atoms with Crippen LogP contribution in [-0.2, 0) is 15.8 Å². The second kappa shape index (κ2) is 11.7. The summed E-state index contributed by atoms with van der Waals surface area (Å²) in [4.78, 5) is 39.6. The summed E-state index contributed by atoms with van der Waals surface area (Å²) in [5.41, 5.74) is 0.599. The lowest BCUT2D eigenvalue weighted by atomic mass is 10.0. The molecule has 0 aliphatic heterocycles. The fourth-order valence-corrected chi connectivity index (χ4v) is 3.35. The Morgan fingerprint density at radius 3 is 2.29 bits per heavy atom. The maximum atomic E-state index is 13.2. The van der Waals surface area contributed by atoms with Crippen LogP contribution in [0.15, 0.2) is 41.4 Å². The number of carboxylic acids is 1. The fourth-order valence-electron chi connectivity index (χ4n) is 2.80. The van der Waals surface area contributed by atoms with Gasteiger partial charge >= 0.3 is 12.1 Å². The fraction of sp³-hybridized carbons (Fsp3) is 0.200. The number of nitrogens with two attached hydrogens (primary N) is 1. The summed E-state index contributed by atoms with van der Waals surface area (Å²) in [6.45, 7) is -0.650. The number of nitrogens with one attached hydrogen (secondary N) is 3. The van der Waals surface area contributed by atoms with Crippen molar-refractivity contribution in [3.63, 3.8) is 0 Å². The minimum atomic E-state index is -4.75.